The number of fused-ring (bicyclic) bond motifs is 1. The Morgan fingerprint density at radius 3 is 3.13 bits per heavy atom. The van der Waals surface area contributed by atoms with Crippen molar-refractivity contribution in [1.82, 2.24) is 0 Å². The zero-order chi connectivity index (χ0) is 10.8. The Morgan fingerprint density at radius 2 is 2.40 bits per heavy atom. The Morgan fingerprint density at radius 1 is 1.60 bits per heavy atom. The van der Waals surface area contributed by atoms with E-state index in [1.807, 2.05) is 0 Å². The predicted octanol–water partition coefficient (Wildman–Crippen LogP) is 1.18. The van der Waals surface area contributed by atoms with Gasteiger partial charge < -0.3 is 15.4 Å². The molecule has 1 amide bonds. The van der Waals surface area contributed by atoms with Gasteiger partial charge in [-0.05, 0) is 18.2 Å². The molecule has 1 aliphatic rings. The van der Waals surface area contributed by atoms with E-state index in [4.69, 9.17) is 10.5 Å². The van der Waals surface area contributed by atoms with E-state index in [-0.39, 0.29) is 12.5 Å². The molecule has 0 spiro atoms. The van der Waals surface area contributed by atoms with E-state index >= 15 is 0 Å². The minimum Gasteiger partial charge on any atom is -0.482 e. The molecule has 15 heavy (non-hydrogen) atoms. The van der Waals surface area contributed by atoms with E-state index in [9.17, 15) is 4.79 Å². The number of hydrogen-bond acceptors (Lipinski definition) is 3. The first-order chi connectivity index (χ1) is 7.22. The second-order valence-electron chi connectivity index (χ2n) is 3.31. The number of anilines is 2. The van der Waals surface area contributed by atoms with Gasteiger partial charge in [-0.25, -0.2) is 0 Å². The lowest BCUT2D eigenvalue weighted by molar-refractivity contribution is -0.121. The number of nitrogens with two attached hydrogens (primary N) is 1. The Balaban J connectivity index is 2.45. The van der Waals surface area contributed by atoms with Crippen LogP contribution in [-0.4, -0.2) is 19.1 Å². The average Bonchev–Trinajstić information content (AvgIpc) is 2.23. The number of hydrogen-bond donors (Lipinski definition) is 1. The molecule has 2 N–H and O–H groups in total. The maximum absolute atomic E-state index is 11.6. The van der Waals surface area contributed by atoms with Crippen molar-refractivity contribution in [2.75, 3.05) is 23.8 Å². The van der Waals surface area contributed by atoms with Gasteiger partial charge >= 0.3 is 0 Å². The first kappa shape index (κ1) is 9.58. The zero-order valence-electron chi connectivity index (χ0n) is 8.27. The molecule has 0 saturated heterocycles. The Labute approximate surface area is 87.9 Å². The van der Waals surface area contributed by atoms with Crippen LogP contribution in [0.15, 0.2) is 30.9 Å². The van der Waals surface area contributed by atoms with Gasteiger partial charge in [0.25, 0.3) is 5.91 Å². The lowest BCUT2D eigenvalue weighted by atomic mass is 10.2. The number of amides is 1. The third kappa shape index (κ3) is 1.66. The van der Waals surface area contributed by atoms with Crippen molar-refractivity contribution in [2.45, 2.75) is 0 Å². The van der Waals surface area contributed by atoms with Crippen LogP contribution in [0.5, 0.6) is 5.75 Å². The summed E-state index contributed by atoms with van der Waals surface area (Å²) in [6.07, 6.45) is 1.68. The number of carbonyl (C=O) groups excluding carboxylic acids is 1. The normalized spacial score (nSPS) is 14.4. The van der Waals surface area contributed by atoms with Crippen molar-refractivity contribution in [2.24, 2.45) is 0 Å². The monoisotopic (exact) mass is 204 g/mol. The maximum atomic E-state index is 11.6. The molecular weight excluding hydrogens is 192 g/mol. The van der Waals surface area contributed by atoms with E-state index in [0.717, 1.165) is 0 Å². The summed E-state index contributed by atoms with van der Waals surface area (Å²) in [4.78, 5) is 13.2. The summed E-state index contributed by atoms with van der Waals surface area (Å²) in [7, 11) is 0. The second-order valence-corrected chi connectivity index (χ2v) is 3.31. The molecule has 0 fully saturated rings. The maximum Gasteiger partial charge on any atom is 0.265 e. The van der Waals surface area contributed by atoms with Crippen molar-refractivity contribution in [3.8, 4) is 5.75 Å². The first-order valence-electron chi connectivity index (χ1n) is 4.66. The number of carbonyl (C=O) groups is 1. The molecule has 0 atom stereocenters. The van der Waals surface area contributed by atoms with Crippen molar-refractivity contribution in [1.29, 1.82) is 0 Å². The van der Waals surface area contributed by atoms with E-state index in [0.29, 0.717) is 23.7 Å². The summed E-state index contributed by atoms with van der Waals surface area (Å²) in [6, 6.07) is 5.25. The van der Waals surface area contributed by atoms with Crippen molar-refractivity contribution in [3.05, 3.63) is 30.9 Å². The number of nitrogen functional groups attached to an aromatic ring is 1. The number of rotatable bonds is 2. The van der Waals surface area contributed by atoms with Gasteiger partial charge in [-0.3, -0.25) is 4.79 Å². The summed E-state index contributed by atoms with van der Waals surface area (Å²) in [6.45, 7) is 4.16. The third-order valence-corrected chi connectivity index (χ3v) is 2.24. The zero-order valence-corrected chi connectivity index (χ0v) is 8.27. The lowest BCUT2D eigenvalue weighted by Crippen LogP contribution is -2.38. The van der Waals surface area contributed by atoms with Crippen LogP contribution in [0, 0.1) is 0 Å². The highest BCUT2D eigenvalue weighted by atomic mass is 16.5. The van der Waals surface area contributed by atoms with E-state index < -0.39 is 0 Å². The van der Waals surface area contributed by atoms with Crippen LogP contribution in [0.1, 0.15) is 0 Å². The van der Waals surface area contributed by atoms with Crippen LogP contribution in [0.25, 0.3) is 0 Å². The van der Waals surface area contributed by atoms with Crippen molar-refractivity contribution in [3.63, 3.8) is 0 Å². The van der Waals surface area contributed by atoms with Gasteiger partial charge in [0.05, 0.1) is 5.69 Å². The van der Waals surface area contributed by atoms with Gasteiger partial charge in [0.2, 0.25) is 0 Å². The smallest absolute Gasteiger partial charge is 0.265 e. The van der Waals surface area contributed by atoms with Crippen LogP contribution in [0.4, 0.5) is 11.4 Å². The van der Waals surface area contributed by atoms with Gasteiger partial charge in [-0.2, -0.15) is 0 Å². The molecule has 1 aromatic carbocycles. The van der Waals surface area contributed by atoms with E-state index in [1.165, 1.54) is 0 Å². The SMILES string of the molecule is C=CCN1C(=O)COc2ccc(N)cc21. The predicted molar refractivity (Wildman–Crippen MR) is 58.9 cm³/mol. The molecule has 1 aliphatic heterocycles. The molecule has 4 nitrogen and oxygen atoms in total. The largest absolute Gasteiger partial charge is 0.482 e. The molecular formula is C11H12N2O2. The molecule has 0 aliphatic carbocycles. The van der Waals surface area contributed by atoms with Crippen LogP contribution < -0.4 is 15.4 Å². The number of benzene rings is 1. The average molecular weight is 204 g/mol. The summed E-state index contributed by atoms with van der Waals surface area (Å²) >= 11 is 0. The van der Waals surface area contributed by atoms with E-state index in [1.54, 1.807) is 29.2 Å². The summed E-state index contributed by atoms with van der Waals surface area (Å²) < 4.78 is 5.29. The fourth-order valence-corrected chi connectivity index (χ4v) is 1.55. The van der Waals surface area contributed by atoms with Gasteiger partial charge in [0.15, 0.2) is 6.61 Å². The molecule has 78 valence electrons. The van der Waals surface area contributed by atoms with Crippen LogP contribution in [0.2, 0.25) is 0 Å². The standard InChI is InChI=1S/C11H12N2O2/c1-2-5-13-9-6-8(12)3-4-10(9)15-7-11(13)14/h2-4,6H,1,5,7,12H2. The summed E-state index contributed by atoms with van der Waals surface area (Å²) in [5.41, 5.74) is 6.99. The topological polar surface area (TPSA) is 55.6 Å². The highest BCUT2D eigenvalue weighted by Gasteiger charge is 2.24. The molecule has 0 radical (unpaired) electrons. The first-order valence-corrected chi connectivity index (χ1v) is 4.66. The fraction of sp³-hybridized carbons (Fsp3) is 0.182. The minimum absolute atomic E-state index is 0.0742. The number of ether oxygens (including phenoxy) is 1. The Kier molecular flexibility index (Phi) is 2.33. The molecule has 0 saturated carbocycles. The van der Waals surface area contributed by atoms with Crippen molar-refractivity contribution < 1.29 is 9.53 Å². The fourth-order valence-electron chi connectivity index (χ4n) is 1.55. The molecule has 0 unspecified atom stereocenters. The van der Waals surface area contributed by atoms with Crippen LogP contribution in [0.3, 0.4) is 0 Å². The summed E-state index contributed by atoms with van der Waals surface area (Å²) in [5.74, 6) is 0.610. The van der Waals surface area contributed by atoms with E-state index in [2.05, 4.69) is 6.58 Å². The highest BCUT2D eigenvalue weighted by molar-refractivity contribution is 5.98. The highest BCUT2D eigenvalue weighted by Crippen LogP contribution is 2.33. The molecule has 0 bridgehead atoms. The Bertz CT molecular complexity index is 415. The van der Waals surface area contributed by atoms with Crippen LogP contribution in [-0.2, 0) is 4.79 Å². The van der Waals surface area contributed by atoms with Gasteiger partial charge in [0, 0.05) is 12.2 Å². The lowest BCUT2D eigenvalue weighted by Gasteiger charge is -2.28. The Hall–Kier alpha value is -1.97. The minimum atomic E-state index is -0.0759. The quantitative estimate of drug-likeness (QED) is 0.581. The third-order valence-electron chi connectivity index (χ3n) is 2.24. The molecule has 0 aromatic heterocycles. The van der Waals surface area contributed by atoms with Crippen LogP contribution >= 0.6 is 0 Å². The summed E-state index contributed by atoms with van der Waals surface area (Å²) in [5, 5.41) is 0. The second kappa shape index (κ2) is 3.65. The van der Waals surface area contributed by atoms with Crippen molar-refractivity contribution >= 4 is 17.3 Å². The van der Waals surface area contributed by atoms with Gasteiger partial charge in [-0.15, -0.1) is 6.58 Å². The van der Waals surface area contributed by atoms with Gasteiger partial charge in [0.1, 0.15) is 5.75 Å². The van der Waals surface area contributed by atoms with Gasteiger partial charge in [-0.1, -0.05) is 6.08 Å². The number of nitrogens with zero attached hydrogens (tertiary/aromatic N) is 1. The molecule has 1 heterocycles. The molecule has 1 aromatic rings. The molecule has 4 heteroatoms. The molecule has 2 rings (SSSR count).